The van der Waals surface area contributed by atoms with Gasteiger partial charge in [0, 0.05) is 23.6 Å². The number of carbonyl (C=O) groups is 1. The number of morpholine rings is 1. The maximum atomic E-state index is 13.5. The van der Waals surface area contributed by atoms with Gasteiger partial charge in [-0.15, -0.1) is 0 Å². The molecule has 0 N–H and O–H groups in total. The number of alkyl halides is 3. The lowest BCUT2D eigenvalue weighted by molar-refractivity contribution is -0.137. The van der Waals surface area contributed by atoms with Crippen LogP contribution in [0.25, 0.3) is 0 Å². The smallest absolute Gasteiger partial charge is 0.378 e. The molecule has 0 aromatic heterocycles. The van der Waals surface area contributed by atoms with E-state index in [2.05, 4.69) is 4.90 Å². The Hall–Kier alpha value is -1.47. The fourth-order valence-corrected chi connectivity index (χ4v) is 3.44. The Labute approximate surface area is 131 Å². The Morgan fingerprint density at radius 1 is 1.17 bits per heavy atom. The number of ether oxygens (including phenoxy) is 1. The van der Waals surface area contributed by atoms with Gasteiger partial charge in [0.15, 0.2) is 5.78 Å². The van der Waals surface area contributed by atoms with Crippen LogP contribution in [0.4, 0.5) is 17.6 Å². The number of hydrogen-bond acceptors (Lipinski definition) is 3. The van der Waals surface area contributed by atoms with Gasteiger partial charge in [0.05, 0.1) is 18.8 Å². The first kappa shape index (κ1) is 16.4. The van der Waals surface area contributed by atoms with Crippen molar-refractivity contribution in [3.8, 4) is 0 Å². The summed E-state index contributed by atoms with van der Waals surface area (Å²) in [6.45, 7) is 1.02. The molecule has 23 heavy (non-hydrogen) atoms. The maximum Gasteiger partial charge on any atom is 0.416 e. The van der Waals surface area contributed by atoms with Crippen LogP contribution in [-0.4, -0.2) is 43.0 Å². The molecule has 0 spiro atoms. The molecular formula is C16H17F4NO2. The lowest BCUT2D eigenvalue weighted by atomic mass is 9.81. The summed E-state index contributed by atoms with van der Waals surface area (Å²) in [4.78, 5) is 14.7. The highest BCUT2D eigenvalue weighted by atomic mass is 19.4. The van der Waals surface area contributed by atoms with Crippen molar-refractivity contribution < 1.29 is 27.1 Å². The Balaban J connectivity index is 1.85. The second-order valence-corrected chi connectivity index (χ2v) is 6.27. The third-order valence-electron chi connectivity index (χ3n) is 4.77. The highest BCUT2D eigenvalue weighted by molar-refractivity contribution is 5.98. The van der Waals surface area contributed by atoms with Gasteiger partial charge >= 0.3 is 6.18 Å². The average Bonchev–Trinajstić information content (AvgIpc) is 2.44. The number of piperidine rings is 1. The van der Waals surface area contributed by atoms with Gasteiger partial charge in [0.25, 0.3) is 0 Å². The largest absolute Gasteiger partial charge is 0.416 e. The van der Waals surface area contributed by atoms with E-state index >= 15 is 0 Å². The van der Waals surface area contributed by atoms with Crippen molar-refractivity contribution in [2.45, 2.75) is 31.1 Å². The van der Waals surface area contributed by atoms with E-state index in [1.165, 1.54) is 0 Å². The first-order valence-corrected chi connectivity index (χ1v) is 7.47. The summed E-state index contributed by atoms with van der Waals surface area (Å²) in [5.41, 5.74) is -1.33. The van der Waals surface area contributed by atoms with E-state index in [-0.39, 0.29) is 17.6 Å². The minimum Gasteiger partial charge on any atom is -0.378 e. The maximum absolute atomic E-state index is 13.5. The first-order valence-electron chi connectivity index (χ1n) is 7.47. The van der Waals surface area contributed by atoms with E-state index in [4.69, 9.17) is 4.74 Å². The van der Waals surface area contributed by atoms with Crippen molar-refractivity contribution in [1.29, 1.82) is 0 Å². The van der Waals surface area contributed by atoms with Crippen molar-refractivity contribution in [2.24, 2.45) is 5.92 Å². The minimum atomic E-state index is -4.67. The Morgan fingerprint density at radius 2 is 1.78 bits per heavy atom. The van der Waals surface area contributed by atoms with Crippen molar-refractivity contribution in [3.63, 3.8) is 0 Å². The number of Topliss-reactive ketones (excluding diaryl/α,β-unsaturated/α-hetero) is 1. The van der Waals surface area contributed by atoms with Crippen LogP contribution < -0.4 is 0 Å². The average molecular weight is 331 g/mol. The molecule has 3 nitrogen and oxygen atoms in total. The molecule has 1 aromatic rings. The Morgan fingerprint density at radius 3 is 2.35 bits per heavy atom. The molecule has 2 aliphatic heterocycles. The molecule has 2 unspecified atom stereocenters. The quantitative estimate of drug-likeness (QED) is 0.616. The fourth-order valence-electron chi connectivity index (χ4n) is 3.44. The van der Waals surface area contributed by atoms with E-state index < -0.39 is 29.3 Å². The minimum absolute atomic E-state index is 0.0760. The zero-order chi connectivity index (χ0) is 16.8. The molecule has 0 saturated carbocycles. The summed E-state index contributed by atoms with van der Waals surface area (Å²) < 4.78 is 57.3. The number of halogens is 4. The van der Waals surface area contributed by atoms with Gasteiger partial charge in [-0.3, -0.25) is 9.69 Å². The number of ketones is 1. The van der Waals surface area contributed by atoms with Crippen LogP contribution in [-0.2, 0) is 10.9 Å². The number of likely N-dealkylation sites (N-methyl/N-ethyl adjacent to an activating group) is 1. The molecule has 2 heterocycles. The molecule has 1 aromatic carbocycles. The van der Waals surface area contributed by atoms with Crippen LogP contribution in [0.3, 0.4) is 0 Å². The summed E-state index contributed by atoms with van der Waals surface area (Å²) in [6, 6.07) is 2.20. The summed E-state index contributed by atoms with van der Waals surface area (Å²) in [5, 5.41) is 0. The first-order chi connectivity index (χ1) is 10.8. The highest BCUT2D eigenvalue weighted by Gasteiger charge is 2.40. The van der Waals surface area contributed by atoms with E-state index in [1.807, 2.05) is 7.05 Å². The molecule has 2 aliphatic rings. The summed E-state index contributed by atoms with van der Waals surface area (Å²) >= 11 is 0. The SMILES string of the molecule is CN1C2COCC1CC(C(=O)c1cc(F)cc(C(F)(F)F)c1)C2. The number of hydrogen-bond donors (Lipinski definition) is 0. The number of fused-ring (bicyclic) bond motifs is 2. The normalized spacial score (nSPS) is 28.7. The molecule has 2 atom stereocenters. The standard InChI is InChI=1S/C16H17F4NO2/c1-21-13-4-10(5-14(21)8-23-7-13)15(22)9-2-11(16(18,19)20)6-12(17)3-9/h2-3,6,10,13-14H,4-5,7-8H2,1H3. The molecule has 126 valence electrons. The van der Waals surface area contributed by atoms with E-state index in [1.54, 1.807) is 0 Å². The fraction of sp³-hybridized carbons (Fsp3) is 0.562. The summed E-state index contributed by atoms with van der Waals surface area (Å²) in [6.07, 6.45) is -3.64. The third kappa shape index (κ3) is 3.26. The molecule has 0 amide bonds. The van der Waals surface area contributed by atoms with Gasteiger partial charge in [-0.1, -0.05) is 0 Å². The lowest BCUT2D eigenvalue weighted by Crippen LogP contribution is -2.55. The number of nitrogens with zero attached hydrogens (tertiary/aromatic N) is 1. The van der Waals surface area contributed by atoms with Crippen LogP contribution in [0.1, 0.15) is 28.8 Å². The van der Waals surface area contributed by atoms with Gasteiger partial charge in [-0.25, -0.2) is 4.39 Å². The molecule has 3 rings (SSSR count). The Kier molecular flexibility index (Phi) is 4.18. The van der Waals surface area contributed by atoms with Crippen molar-refractivity contribution in [1.82, 2.24) is 4.90 Å². The van der Waals surface area contributed by atoms with Gasteiger partial charge in [0.1, 0.15) is 5.82 Å². The zero-order valence-electron chi connectivity index (χ0n) is 12.6. The Bertz CT molecular complexity index is 603. The second-order valence-electron chi connectivity index (χ2n) is 6.27. The number of carbonyl (C=O) groups excluding carboxylic acids is 1. The second kappa shape index (κ2) is 5.87. The predicted octanol–water partition coefficient (Wildman–Crippen LogP) is 3.14. The monoisotopic (exact) mass is 331 g/mol. The topological polar surface area (TPSA) is 29.5 Å². The molecule has 0 aliphatic carbocycles. The van der Waals surface area contributed by atoms with Crippen molar-refractivity contribution in [2.75, 3.05) is 20.3 Å². The van der Waals surface area contributed by atoms with Crippen LogP contribution in [0, 0.1) is 11.7 Å². The molecule has 7 heteroatoms. The van der Waals surface area contributed by atoms with Gasteiger partial charge in [-0.05, 0) is 38.1 Å². The van der Waals surface area contributed by atoms with Crippen LogP contribution in [0.2, 0.25) is 0 Å². The van der Waals surface area contributed by atoms with Crippen LogP contribution >= 0.6 is 0 Å². The van der Waals surface area contributed by atoms with E-state index in [0.717, 1.165) is 12.1 Å². The van der Waals surface area contributed by atoms with Crippen LogP contribution in [0.15, 0.2) is 18.2 Å². The van der Waals surface area contributed by atoms with Gasteiger partial charge in [-0.2, -0.15) is 13.2 Å². The lowest BCUT2D eigenvalue weighted by Gasteiger charge is -2.46. The third-order valence-corrected chi connectivity index (χ3v) is 4.77. The predicted molar refractivity (Wildman–Crippen MR) is 74.6 cm³/mol. The molecule has 2 saturated heterocycles. The zero-order valence-corrected chi connectivity index (χ0v) is 12.6. The van der Waals surface area contributed by atoms with Crippen molar-refractivity contribution >= 4 is 5.78 Å². The van der Waals surface area contributed by atoms with Gasteiger partial charge in [0.2, 0.25) is 0 Å². The number of benzene rings is 1. The van der Waals surface area contributed by atoms with Crippen molar-refractivity contribution in [3.05, 3.63) is 35.1 Å². The van der Waals surface area contributed by atoms with Gasteiger partial charge < -0.3 is 4.74 Å². The summed E-state index contributed by atoms with van der Waals surface area (Å²) in [5.74, 6) is -1.85. The van der Waals surface area contributed by atoms with E-state index in [9.17, 15) is 22.4 Å². The van der Waals surface area contributed by atoms with E-state index in [0.29, 0.717) is 32.1 Å². The summed E-state index contributed by atoms with van der Waals surface area (Å²) in [7, 11) is 1.96. The molecule has 0 radical (unpaired) electrons. The van der Waals surface area contributed by atoms with Crippen LogP contribution in [0.5, 0.6) is 0 Å². The molecular weight excluding hydrogens is 314 g/mol. The molecule has 2 fully saturated rings. The highest BCUT2D eigenvalue weighted by Crippen LogP contribution is 2.34. The molecule has 2 bridgehead atoms. The number of rotatable bonds is 2.